The highest BCUT2D eigenvalue weighted by molar-refractivity contribution is 7.90. The highest BCUT2D eigenvalue weighted by Gasteiger charge is 2.31. The molecule has 0 saturated heterocycles. The maximum atomic E-state index is 12.8. The second-order valence-electron chi connectivity index (χ2n) is 5.92. The van der Waals surface area contributed by atoms with Gasteiger partial charge in [-0.3, -0.25) is 14.5 Å². The second kappa shape index (κ2) is 7.77. The van der Waals surface area contributed by atoms with E-state index in [2.05, 4.69) is 15.0 Å². The number of benzene rings is 2. The summed E-state index contributed by atoms with van der Waals surface area (Å²) in [5, 5.41) is 2.45. The zero-order valence-corrected chi connectivity index (χ0v) is 15.5. The summed E-state index contributed by atoms with van der Waals surface area (Å²) < 4.78 is 44.1. The Morgan fingerprint density at radius 1 is 1.18 bits per heavy atom. The summed E-state index contributed by atoms with van der Waals surface area (Å²) in [6.45, 7) is 0.857. The monoisotopic (exact) mass is 405 g/mol. The Balaban J connectivity index is 1.60. The molecule has 0 saturated carbocycles. The number of aliphatic imine (C=N–C) groups is 1. The van der Waals surface area contributed by atoms with Gasteiger partial charge in [-0.1, -0.05) is 12.1 Å². The van der Waals surface area contributed by atoms with Crippen LogP contribution in [0.2, 0.25) is 0 Å². The third-order valence-corrected chi connectivity index (χ3v) is 5.20. The maximum Gasteiger partial charge on any atom is 0.331 e. The summed E-state index contributed by atoms with van der Waals surface area (Å²) in [6.07, 6.45) is 0. The van der Waals surface area contributed by atoms with Gasteiger partial charge in [0.05, 0.1) is 4.90 Å². The van der Waals surface area contributed by atoms with Gasteiger partial charge in [-0.15, -0.1) is 0 Å². The van der Waals surface area contributed by atoms with Gasteiger partial charge in [-0.2, -0.15) is 0 Å². The van der Waals surface area contributed by atoms with Crippen LogP contribution in [0.4, 0.5) is 10.1 Å². The lowest BCUT2D eigenvalue weighted by Gasteiger charge is -2.09. The van der Waals surface area contributed by atoms with Crippen molar-refractivity contribution in [3.05, 3.63) is 59.9 Å². The van der Waals surface area contributed by atoms with Crippen molar-refractivity contribution in [2.75, 3.05) is 11.9 Å². The molecule has 8 nitrogen and oxygen atoms in total. The molecule has 2 aromatic rings. The number of ether oxygens (including phenoxy) is 1. The van der Waals surface area contributed by atoms with Crippen LogP contribution in [0.25, 0.3) is 0 Å². The van der Waals surface area contributed by atoms with Crippen molar-refractivity contribution < 1.29 is 27.1 Å². The van der Waals surface area contributed by atoms with Crippen molar-refractivity contribution in [1.29, 1.82) is 0 Å². The Kier molecular flexibility index (Phi) is 5.41. The van der Waals surface area contributed by atoms with Crippen molar-refractivity contribution in [3.63, 3.8) is 0 Å². The van der Waals surface area contributed by atoms with Crippen LogP contribution in [-0.2, 0) is 24.3 Å². The van der Waals surface area contributed by atoms with Gasteiger partial charge in [0, 0.05) is 11.3 Å². The summed E-state index contributed by atoms with van der Waals surface area (Å²) in [5.41, 5.74) is 0.712. The summed E-state index contributed by atoms with van der Waals surface area (Å²) in [4.78, 5) is 28.0. The SMILES string of the molecule is C[C@H](N=C1NS(=O)(=O)c2ccccc21)C(=O)OCC(=O)Nc1ccc(F)cc1. The number of hydrogen-bond acceptors (Lipinski definition) is 6. The Bertz CT molecular complexity index is 1050. The van der Waals surface area contributed by atoms with Gasteiger partial charge in [0.15, 0.2) is 6.61 Å². The molecule has 146 valence electrons. The fourth-order valence-electron chi connectivity index (χ4n) is 2.46. The van der Waals surface area contributed by atoms with Crippen molar-refractivity contribution in [2.45, 2.75) is 17.9 Å². The summed E-state index contributed by atoms with van der Waals surface area (Å²) in [7, 11) is -3.71. The molecule has 1 heterocycles. The average Bonchev–Trinajstić information content (AvgIpc) is 2.92. The van der Waals surface area contributed by atoms with Gasteiger partial charge in [-0.05, 0) is 43.3 Å². The largest absolute Gasteiger partial charge is 0.454 e. The first-order chi connectivity index (χ1) is 13.3. The van der Waals surface area contributed by atoms with Crippen molar-refractivity contribution in [1.82, 2.24) is 4.72 Å². The summed E-state index contributed by atoms with van der Waals surface area (Å²) in [5.74, 6) is -1.81. The first-order valence-electron chi connectivity index (χ1n) is 8.18. The minimum atomic E-state index is -3.71. The molecule has 3 rings (SSSR count). The van der Waals surface area contributed by atoms with Crippen LogP contribution in [-0.4, -0.2) is 38.8 Å². The lowest BCUT2D eigenvalue weighted by Crippen LogP contribution is -2.28. The Morgan fingerprint density at radius 3 is 2.57 bits per heavy atom. The van der Waals surface area contributed by atoms with Gasteiger partial charge in [0.25, 0.3) is 15.9 Å². The molecule has 0 unspecified atom stereocenters. The number of nitrogens with zero attached hydrogens (tertiary/aromatic N) is 1. The first kappa shape index (κ1) is 19.5. The van der Waals surface area contributed by atoms with E-state index in [0.29, 0.717) is 11.3 Å². The highest BCUT2D eigenvalue weighted by atomic mass is 32.2. The molecule has 0 radical (unpaired) electrons. The molecular weight excluding hydrogens is 389 g/mol. The summed E-state index contributed by atoms with van der Waals surface area (Å²) >= 11 is 0. The molecule has 10 heteroatoms. The predicted molar refractivity (Wildman–Crippen MR) is 98.8 cm³/mol. The molecule has 0 fully saturated rings. The minimum absolute atomic E-state index is 0.0378. The lowest BCUT2D eigenvalue weighted by atomic mass is 10.2. The molecule has 2 aromatic carbocycles. The number of rotatable bonds is 5. The van der Waals surface area contributed by atoms with E-state index in [1.54, 1.807) is 18.2 Å². The fourth-order valence-corrected chi connectivity index (χ4v) is 3.70. The Morgan fingerprint density at radius 2 is 1.86 bits per heavy atom. The predicted octanol–water partition coefficient (Wildman–Crippen LogP) is 1.43. The Hall–Kier alpha value is -3.27. The molecule has 1 amide bonds. The molecule has 0 aromatic heterocycles. The number of anilines is 1. The van der Waals surface area contributed by atoms with E-state index in [1.165, 1.54) is 37.3 Å². The third kappa shape index (κ3) is 4.34. The molecule has 0 spiro atoms. The molecule has 0 bridgehead atoms. The van der Waals surface area contributed by atoms with Gasteiger partial charge < -0.3 is 10.1 Å². The number of amides is 1. The van der Waals surface area contributed by atoms with Crippen molar-refractivity contribution in [3.8, 4) is 0 Å². The quantitative estimate of drug-likeness (QED) is 0.731. The second-order valence-corrected chi connectivity index (χ2v) is 7.57. The highest BCUT2D eigenvalue weighted by Crippen LogP contribution is 2.22. The average molecular weight is 405 g/mol. The number of carbonyl (C=O) groups excluding carboxylic acids is 2. The zero-order chi connectivity index (χ0) is 20.3. The van der Waals surface area contributed by atoms with E-state index in [4.69, 9.17) is 4.74 Å². The van der Waals surface area contributed by atoms with Crippen LogP contribution in [0.3, 0.4) is 0 Å². The standard InChI is InChI=1S/C18H16FN3O5S/c1-11(20-17-14-4-2-3-5-15(14)28(25,26)22-17)18(24)27-10-16(23)21-13-8-6-12(19)7-9-13/h2-9,11H,10H2,1H3,(H,20,22)(H,21,23)/t11-/m0/s1. The maximum absolute atomic E-state index is 12.8. The number of nitrogens with one attached hydrogen (secondary N) is 2. The van der Waals surface area contributed by atoms with Crippen LogP contribution >= 0.6 is 0 Å². The van der Waals surface area contributed by atoms with Crippen LogP contribution in [0.15, 0.2) is 58.4 Å². The molecule has 1 aliphatic heterocycles. The van der Waals surface area contributed by atoms with Crippen molar-refractivity contribution in [2.24, 2.45) is 4.99 Å². The molecular formula is C18H16FN3O5S. The number of hydrogen-bond donors (Lipinski definition) is 2. The first-order valence-corrected chi connectivity index (χ1v) is 9.66. The molecule has 28 heavy (non-hydrogen) atoms. The van der Waals surface area contributed by atoms with Gasteiger partial charge in [-0.25, -0.2) is 17.6 Å². The van der Waals surface area contributed by atoms with Crippen molar-refractivity contribution >= 4 is 33.4 Å². The number of esters is 1. The molecule has 0 aliphatic carbocycles. The van der Waals surface area contributed by atoms with Crippen LogP contribution in [0.5, 0.6) is 0 Å². The third-order valence-electron chi connectivity index (χ3n) is 3.80. The number of halogens is 1. The number of fused-ring (bicyclic) bond motifs is 1. The van der Waals surface area contributed by atoms with Crippen LogP contribution in [0, 0.1) is 5.82 Å². The van der Waals surface area contributed by atoms with E-state index in [0.717, 1.165) is 0 Å². The fraction of sp³-hybridized carbons (Fsp3) is 0.167. The number of carbonyl (C=O) groups is 2. The van der Waals surface area contributed by atoms with E-state index >= 15 is 0 Å². The molecule has 1 aliphatic rings. The van der Waals surface area contributed by atoms with Crippen LogP contribution in [0.1, 0.15) is 12.5 Å². The Labute approximate surface area is 160 Å². The summed E-state index contributed by atoms with van der Waals surface area (Å²) in [6, 6.07) is 10.3. The number of amidine groups is 1. The van der Waals surface area contributed by atoms with E-state index in [-0.39, 0.29) is 10.7 Å². The van der Waals surface area contributed by atoms with E-state index in [9.17, 15) is 22.4 Å². The molecule has 2 N–H and O–H groups in total. The lowest BCUT2D eigenvalue weighted by molar-refractivity contribution is -0.148. The molecule has 1 atom stereocenters. The van der Waals surface area contributed by atoms with Crippen LogP contribution < -0.4 is 10.0 Å². The topological polar surface area (TPSA) is 114 Å². The normalized spacial score (nSPS) is 16.7. The van der Waals surface area contributed by atoms with Gasteiger partial charge in [0.2, 0.25) is 0 Å². The smallest absolute Gasteiger partial charge is 0.331 e. The number of sulfonamides is 1. The van der Waals surface area contributed by atoms with Gasteiger partial charge >= 0.3 is 5.97 Å². The minimum Gasteiger partial charge on any atom is -0.454 e. The van der Waals surface area contributed by atoms with Gasteiger partial charge in [0.1, 0.15) is 17.7 Å². The zero-order valence-electron chi connectivity index (χ0n) is 14.7. The van der Waals surface area contributed by atoms with E-state index < -0.39 is 40.4 Å². The van der Waals surface area contributed by atoms with E-state index in [1.807, 2.05) is 0 Å².